The Balaban J connectivity index is 1.28. The van der Waals surface area contributed by atoms with E-state index in [1.54, 1.807) is 61.5 Å². The molecule has 13 heteroatoms. The van der Waals surface area contributed by atoms with Gasteiger partial charge >= 0.3 is 5.97 Å². The number of carbonyl (C=O) groups excluding carboxylic acids is 4. The number of hydrogen-bond donors (Lipinski definition) is 3. The van der Waals surface area contributed by atoms with Crippen LogP contribution in [0.25, 0.3) is 17.2 Å². The smallest absolute Gasteiger partial charge is 0.341 e. The van der Waals surface area contributed by atoms with Gasteiger partial charge < -0.3 is 20.7 Å². The summed E-state index contributed by atoms with van der Waals surface area (Å²) in [5.41, 5.74) is 3.87. The fourth-order valence-corrected chi connectivity index (χ4v) is 6.50. The first-order chi connectivity index (χ1) is 24.6. The average molecular weight is 721 g/mol. The van der Waals surface area contributed by atoms with Gasteiger partial charge in [-0.15, -0.1) is 23.1 Å². The molecule has 0 bridgehead atoms. The van der Waals surface area contributed by atoms with Crippen molar-refractivity contribution in [2.45, 2.75) is 18.7 Å². The first-order valence-corrected chi connectivity index (χ1v) is 17.5. The minimum absolute atomic E-state index is 0.00978. The Labute approximate surface area is 301 Å². The molecule has 51 heavy (non-hydrogen) atoms. The topological polar surface area (TPSA) is 157 Å². The van der Waals surface area contributed by atoms with E-state index in [1.807, 2.05) is 36.6 Å². The van der Waals surface area contributed by atoms with Gasteiger partial charge in [0, 0.05) is 39.2 Å². The largest absolute Gasteiger partial charge is 0.462 e. The minimum atomic E-state index is -0.633. The third-order valence-electron chi connectivity index (χ3n) is 7.29. The molecule has 4 aromatic carbocycles. The van der Waals surface area contributed by atoms with Crippen LogP contribution in [0, 0.1) is 17.0 Å². The second-order valence-corrected chi connectivity index (χ2v) is 12.9. The maximum absolute atomic E-state index is 13.5. The van der Waals surface area contributed by atoms with Crippen LogP contribution in [0.15, 0.2) is 119 Å². The number of benzene rings is 4. The highest BCUT2D eigenvalue weighted by Gasteiger charge is 2.23. The first-order valence-electron chi connectivity index (χ1n) is 15.6. The summed E-state index contributed by atoms with van der Waals surface area (Å²) in [4.78, 5) is 63.7. The number of ether oxygens (including phenoxy) is 1. The zero-order valence-electron chi connectivity index (χ0n) is 27.5. The molecule has 0 unspecified atom stereocenters. The highest BCUT2D eigenvalue weighted by atomic mass is 32.2. The van der Waals surface area contributed by atoms with Crippen LogP contribution in [0.3, 0.4) is 0 Å². The molecule has 11 nitrogen and oxygen atoms in total. The highest BCUT2D eigenvalue weighted by Crippen LogP contribution is 2.36. The van der Waals surface area contributed by atoms with Gasteiger partial charge in [-0.25, -0.2) is 4.79 Å². The SMILES string of the molecule is CCOC(=O)c1c(-c2ccc(C)cc2)csc1NC(=O)CSc1cccc(NC(=O)/C(=C\c2ccc([N+](=O)[O-])cc2)NC(=O)c2ccccc2)c1. The number of nitrogens with zero attached hydrogens (tertiary/aromatic N) is 1. The average Bonchev–Trinajstić information content (AvgIpc) is 3.55. The summed E-state index contributed by atoms with van der Waals surface area (Å²) in [5, 5.41) is 21.6. The van der Waals surface area contributed by atoms with Crippen LogP contribution >= 0.6 is 23.1 Å². The van der Waals surface area contributed by atoms with Crippen LogP contribution in [0.2, 0.25) is 0 Å². The lowest BCUT2D eigenvalue weighted by atomic mass is 10.0. The molecule has 1 aromatic heterocycles. The molecule has 5 rings (SSSR count). The fraction of sp³-hybridized carbons (Fsp3) is 0.105. The van der Waals surface area contributed by atoms with E-state index < -0.39 is 22.7 Å². The Hall–Kier alpha value is -6.05. The van der Waals surface area contributed by atoms with Crippen LogP contribution in [-0.4, -0.2) is 41.0 Å². The number of amides is 3. The molecule has 0 fully saturated rings. The summed E-state index contributed by atoms with van der Waals surface area (Å²) in [6.07, 6.45) is 1.42. The Bertz CT molecular complexity index is 2100. The van der Waals surface area contributed by atoms with Crippen molar-refractivity contribution in [3.63, 3.8) is 0 Å². The number of nitro groups is 1. The molecule has 3 N–H and O–H groups in total. The van der Waals surface area contributed by atoms with E-state index in [1.165, 1.54) is 53.4 Å². The number of nitrogens with one attached hydrogen (secondary N) is 3. The number of non-ortho nitro benzene ring substituents is 1. The molecule has 0 spiro atoms. The summed E-state index contributed by atoms with van der Waals surface area (Å²) < 4.78 is 5.30. The molecule has 0 saturated heterocycles. The zero-order chi connectivity index (χ0) is 36.3. The maximum Gasteiger partial charge on any atom is 0.341 e. The molecule has 0 aliphatic heterocycles. The second kappa shape index (κ2) is 17.1. The summed E-state index contributed by atoms with van der Waals surface area (Å²) >= 11 is 2.47. The van der Waals surface area contributed by atoms with Gasteiger partial charge in [0.05, 0.1) is 17.3 Å². The van der Waals surface area contributed by atoms with E-state index in [2.05, 4.69) is 16.0 Å². The Kier molecular flexibility index (Phi) is 12.1. The van der Waals surface area contributed by atoms with Crippen LogP contribution in [-0.2, 0) is 14.3 Å². The van der Waals surface area contributed by atoms with Gasteiger partial charge in [-0.05, 0) is 73.5 Å². The van der Waals surface area contributed by atoms with Crippen molar-refractivity contribution >= 4 is 69.2 Å². The lowest BCUT2D eigenvalue weighted by molar-refractivity contribution is -0.384. The van der Waals surface area contributed by atoms with Crippen LogP contribution in [0.1, 0.15) is 38.8 Å². The number of rotatable bonds is 13. The van der Waals surface area contributed by atoms with Crippen molar-refractivity contribution in [2.24, 2.45) is 0 Å². The Morgan fingerprint density at radius 2 is 1.63 bits per heavy atom. The van der Waals surface area contributed by atoms with E-state index in [9.17, 15) is 29.3 Å². The normalized spacial score (nSPS) is 11.0. The second-order valence-electron chi connectivity index (χ2n) is 11.0. The quantitative estimate of drug-likeness (QED) is 0.0364. The summed E-state index contributed by atoms with van der Waals surface area (Å²) in [6, 6.07) is 28.5. The lowest BCUT2D eigenvalue weighted by Crippen LogP contribution is -2.30. The van der Waals surface area contributed by atoms with Crippen molar-refractivity contribution in [1.29, 1.82) is 0 Å². The van der Waals surface area contributed by atoms with Gasteiger partial charge in [0.25, 0.3) is 17.5 Å². The molecule has 258 valence electrons. The summed E-state index contributed by atoms with van der Waals surface area (Å²) in [5.74, 6) is -2.00. The third-order valence-corrected chi connectivity index (χ3v) is 9.18. The molecule has 0 saturated carbocycles. The number of aryl methyl sites for hydroxylation is 1. The van der Waals surface area contributed by atoms with E-state index >= 15 is 0 Å². The number of thioether (sulfide) groups is 1. The van der Waals surface area contributed by atoms with E-state index in [0.717, 1.165) is 11.1 Å². The van der Waals surface area contributed by atoms with Gasteiger partial charge in [0.2, 0.25) is 5.91 Å². The van der Waals surface area contributed by atoms with Crippen LogP contribution in [0.5, 0.6) is 0 Å². The molecule has 0 radical (unpaired) electrons. The van der Waals surface area contributed by atoms with Crippen molar-refractivity contribution in [3.05, 3.63) is 147 Å². The standard InChI is InChI=1S/C38H32N4O7S2/c1-3-49-38(46)34-31(26-16-12-24(2)13-17-26)22-51-37(34)41-33(43)23-50-30-11-7-10-28(21-30)39-36(45)32(40-35(44)27-8-5-4-6-9-27)20-25-14-18-29(19-15-25)42(47)48/h4-22H,3,23H2,1-2H3,(H,39,45)(H,40,44)(H,41,43)/b32-20+. The summed E-state index contributed by atoms with van der Waals surface area (Å²) in [6.45, 7) is 3.88. The number of hydrogen-bond acceptors (Lipinski definition) is 9. The predicted octanol–water partition coefficient (Wildman–Crippen LogP) is 7.95. The third kappa shape index (κ3) is 9.78. The molecule has 0 aliphatic carbocycles. The summed E-state index contributed by atoms with van der Waals surface area (Å²) in [7, 11) is 0. The maximum atomic E-state index is 13.5. The number of anilines is 2. The van der Waals surface area contributed by atoms with Gasteiger partial charge in [0.1, 0.15) is 16.3 Å². The minimum Gasteiger partial charge on any atom is -0.462 e. The van der Waals surface area contributed by atoms with Crippen molar-refractivity contribution in [2.75, 3.05) is 23.0 Å². The van der Waals surface area contributed by atoms with E-state index in [-0.39, 0.29) is 29.7 Å². The molecule has 1 heterocycles. The van der Waals surface area contributed by atoms with Crippen molar-refractivity contribution < 1.29 is 28.8 Å². The fourth-order valence-electron chi connectivity index (χ4n) is 4.78. The molecule has 5 aromatic rings. The Morgan fingerprint density at radius 3 is 2.31 bits per heavy atom. The molecule has 0 atom stereocenters. The van der Waals surface area contributed by atoms with Gasteiger partial charge in [-0.1, -0.05) is 54.1 Å². The number of thiophene rings is 1. The van der Waals surface area contributed by atoms with Crippen molar-refractivity contribution in [1.82, 2.24) is 5.32 Å². The molecule has 0 aliphatic rings. The highest BCUT2D eigenvalue weighted by molar-refractivity contribution is 8.00. The number of nitro benzene ring substituents is 1. The van der Waals surface area contributed by atoms with Crippen molar-refractivity contribution in [3.8, 4) is 11.1 Å². The predicted molar refractivity (Wildman–Crippen MR) is 200 cm³/mol. The van der Waals surface area contributed by atoms with Crippen LogP contribution < -0.4 is 16.0 Å². The van der Waals surface area contributed by atoms with Gasteiger partial charge in [-0.3, -0.25) is 24.5 Å². The monoisotopic (exact) mass is 720 g/mol. The number of esters is 1. The van der Waals surface area contributed by atoms with E-state index in [4.69, 9.17) is 4.74 Å². The first kappa shape index (κ1) is 36.2. The lowest BCUT2D eigenvalue weighted by Gasteiger charge is -2.12. The number of carbonyl (C=O) groups is 4. The van der Waals surface area contributed by atoms with E-state index in [0.29, 0.717) is 37.8 Å². The molecular weight excluding hydrogens is 689 g/mol. The van der Waals surface area contributed by atoms with Crippen LogP contribution in [0.4, 0.5) is 16.4 Å². The molecular formula is C38H32N4O7S2. The van der Waals surface area contributed by atoms with Gasteiger partial charge in [0.15, 0.2) is 0 Å². The zero-order valence-corrected chi connectivity index (χ0v) is 29.1. The Morgan fingerprint density at radius 1 is 0.902 bits per heavy atom. The molecule has 3 amide bonds. The van der Waals surface area contributed by atoms with Gasteiger partial charge in [-0.2, -0.15) is 0 Å².